The van der Waals surface area contributed by atoms with Gasteiger partial charge in [0, 0.05) is 6.54 Å². The molecule has 0 unspecified atom stereocenters. The van der Waals surface area contributed by atoms with Crippen molar-refractivity contribution in [3.8, 4) is 0 Å². The number of halogens is 3. The fraction of sp³-hybridized carbons (Fsp3) is 0.462. The minimum Gasteiger partial charge on any atom is -0.445 e. The molecule has 1 rings (SSSR count). The van der Waals surface area contributed by atoms with Gasteiger partial charge >= 0.3 is 64.5 Å². The van der Waals surface area contributed by atoms with Crippen molar-refractivity contribution in [2.24, 2.45) is 0 Å². The molecule has 0 fully saturated rings. The van der Waals surface area contributed by atoms with Crippen molar-refractivity contribution in [3.05, 3.63) is 29.8 Å². The Morgan fingerprint density at radius 3 is 2.33 bits per heavy atom. The monoisotopic (exact) mass is 327 g/mol. The average molecular weight is 327 g/mol. The molecule has 0 saturated carbocycles. The largest absolute Gasteiger partial charge is 1.00 e. The maximum absolute atomic E-state index is 12.8. The summed E-state index contributed by atoms with van der Waals surface area (Å²) in [5.41, 5.74) is -1.06. The molecule has 0 heterocycles. The molecular weight excluding hydrogens is 309 g/mol. The molecule has 0 atom stereocenters. The summed E-state index contributed by atoms with van der Waals surface area (Å²) in [5.74, 6) is 0. The molecule has 21 heavy (non-hydrogen) atoms. The van der Waals surface area contributed by atoms with Crippen LogP contribution in [0.3, 0.4) is 0 Å². The van der Waals surface area contributed by atoms with Crippen LogP contribution in [0.15, 0.2) is 24.3 Å². The van der Waals surface area contributed by atoms with Gasteiger partial charge < -0.3 is 23.0 Å². The molecule has 1 amide bonds. The molecule has 0 aliphatic carbocycles. The van der Waals surface area contributed by atoms with E-state index in [0.717, 1.165) is 6.07 Å². The molecule has 0 aromatic heterocycles. The Kier molecular flexibility index (Phi) is 8.56. The van der Waals surface area contributed by atoms with E-state index in [-0.39, 0.29) is 69.9 Å². The Morgan fingerprint density at radius 2 is 1.81 bits per heavy atom. The Bertz CT molecular complexity index is 475. The summed E-state index contributed by atoms with van der Waals surface area (Å²) in [6.07, 6.45) is -0.524. The second-order valence-corrected chi connectivity index (χ2v) is 5.45. The first-order chi connectivity index (χ1) is 9.09. The normalized spacial score (nSPS) is 11.5. The van der Waals surface area contributed by atoms with Gasteiger partial charge in [0.15, 0.2) is 0 Å². The Hall–Kier alpha value is -0.0187. The standard InChI is InChI=1S/C13H18BF3NO2.K/c1-13(2,3)20-12(19)18-9-8-10-6-4-5-7-11(10)14(15,16)17;/h4-7H,8-9H2,1-3H3,(H,18,19);/q-1;+1. The van der Waals surface area contributed by atoms with Crippen LogP contribution in [0.1, 0.15) is 26.3 Å². The second-order valence-electron chi connectivity index (χ2n) is 5.45. The number of carbonyl (C=O) groups is 1. The minimum atomic E-state index is -5.04. The third-order valence-electron chi connectivity index (χ3n) is 2.47. The van der Waals surface area contributed by atoms with Gasteiger partial charge in [-0.25, -0.2) is 4.79 Å². The van der Waals surface area contributed by atoms with E-state index in [1.54, 1.807) is 26.8 Å². The maximum atomic E-state index is 12.8. The SMILES string of the molecule is CC(C)(C)OC(=O)NCCc1ccccc1[B-](F)(F)F.[K+]. The number of carbonyl (C=O) groups excluding carboxylic acids is 1. The van der Waals surface area contributed by atoms with Gasteiger partial charge in [0.1, 0.15) is 5.60 Å². The molecular formula is C13H18BF3KNO2. The molecule has 3 nitrogen and oxygen atoms in total. The van der Waals surface area contributed by atoms with Gasteiger partial charge in [-0.15, -0.1) is 5.46 Å². The van der Waals surface area contributed by atoms with Crippen LogP contribution in [0.5, 0.6) is 0 Å². The zero-order valence-electron chi connectivity index (χ0n) is 12.8. The second kappa shape index (κ2) is 8.57. The summed E-state index contributed by atoms with van der Waals surface area (Å²) in [6, 6.07) is 5.38. The molecule has 0 aliphatic rings. The number of alkyl carbamates (subject to hydrolysis) is 1. The van der Waals surface area contributed by atoms with Gasteiger partial charge in [0.05, 0.1) is 0 Å². The van der Waals surface area contributed by atoms with Crippen LogP contribution in [-0.4, -0.2) is 25.2 Å². The summed E-state index contributed by atoms with van der Waals surface area (Å²) in [6.45, 7) is 0.205. The smallest absolute Gasteiger partial charge is 0.445 e. The van der Waals surface area contributed by atoms with Gasteiger partial charge in [-0.05, 0) is 27.2 Å². The molecule has 1 aromatic carbocycles. The van der Waals surface area contributed by atoms with E-state index in [9.17, 15) is 17.7 Å². The average Bonchev–Trinajstić information content (AvgIpc) is 2.25. The van der Waals surface area contributed by atoms with E-state index in [2.05, 4.69) is 5.32 Å². The van der Waals surface area contributed by atoms with Crippen LogP contribution in [0.2, 0.25) is 0 Å². The van der Waals surface area contributed by atoms with E-state index in [4.69, 9.17) is 4.74 Å². The van der Waals surface area contributed by atoms with Gasteiger partial charge in [0.2, 0.25) is 0 Å². The number of hydrogen-bond acceptors (Lipinski definition) is 2. The van der Waals surface area contributed by atoms with Crippen molar-refractivity contribution in [2.45, 2.75) is 32.8 Å². The fourth-order valence-corrected chi connectivity index (χ4v) is 1.69. The van der Waals surface area contributed by atoms with Crippen molar-refractivity contribution in [3.63, 3.8) is 0 Å². The van der Waals surface area contributed by atoms with Crippen molar-refractivity contribution in [1.29, 1.82) is 0 Å². The number of rotatable bonds is 4. The van der Waals surface area contributed by atoms with Crippen LogP contribution >= 0.6 is 0 Å². The van der Waals surface area contributed by atoms with E-state index in [1.165, 1.54) is 12.1 Å². The fourth-order valence-electron chi connectivity index (χ4n) is 1.69. The van der Waals surface area contributed by atoms with E-state index in [0.29, 0.717) is 0 Å². The van der Waals surface area contributed by atoms with Crippen molar-refractivity contribution >= 4 is 18.5 Å². The zero-order chi connectivity index (χ0) is 15.4. The number of benzene rings is 1. The Morgan fingerprint density at radius 1 is 1.24 bits per heavy atom. The molecule has 0 aliphatic heterocycles. The minimum absolute atomic E-state index is 0. The predicted octanol–water partition coefficient (Wildman–Crippen LogP) is -0.188. The molecule has 0 saturated heterocycles. The van der Waals surface area contributed by atoms with E-state index in [1.807, 2.05) is 0 Å². The van der Waals surface area contributed by atoms with Crippen LogP contribution in [0, 0.1) is 0 Å². The number of nitrogens with one attached hydrogen (secondary N) is 1. The van der Waals surface area contributed by atoms with Gasteiger partial charge in [0.25, 0.3) is 0 Å². The topological polar surface area (TPSA) is 38.3 Å². The van der Waals surface area contributed by atoms with Crippen molar-refractivity contribution in [2.75, 3.05) is 6.54 Å². The molecule has 0 bridgehead atoms. The molecule has 112 valence electrons. The van der Waals surface area contributed by atoms with Crippen molar-refractivity contribution in [1.82, 2.24) is 5.32 Å². The van der Waals surface area contributed by atoms with E-state index >= 15 is 0 Å². The zero-order valence-corrected chi connectivity index (χ0v) is 15.9. The number of ether oxygens (including phenoxy) is 1. The molecule has 1 N–H and O–H groups in total. The first-order valence-electron chi connectivity index (χ1n) is 6.34. The summed E-state index contributed by atoms with van der Waals surface area (Å²) in [7, 11) is 0. The molecule has 1 aromatic rings. The van der Waals surface area contributed by atoms with Crippen LogP contribution in [-0.2, 0) is 11.2 Å². The maximum Gasteiger partial charge on any atom is 1.00 e. The molecule has 0 spiro atoms. The summed E-state index contributed by atoms with van der Waals surface area (Å²) >= 11 is 0. The van der Waals surface area contributed by atoms with Gasteiger partial charge in [-0.2, -0.15) is 0 Å². The predicted molar refractivity (Wildman–Crippen MR) is 73.1 cm³/mol. The van der Waals surface area contributed by atoms with Crippen LogP contribution < -0.4 is 62.2 Å². The third kappa shape index (κ3) is 8.25. The summed E-state index contributed by atoms with van der Waals surface area (Å²) in [5, 5.41) is 2.44. The molecule has 0 radical (unpaired) electrons. The Balaban J connectivity index is 0.00000400. The van der Waals surface area contributed by atoms with Crippen LogP contribution in [0.25, 0.3) is 0 Å². The van der Waals surface area contributed by atoms with Crippen LogP contribution in [0.4, 0.5) is 17.7 Å². The molecule has 8 heteroatoms. The van der Waals surface area contributed by atoms with Gasteiger partial charge in [-0.1, -0.05) is 29.8 Å². The van der Waals surface area contributed by atoms with Crippen molar-refractivity contribution < 1.29 is 73.9 Å². The number of amides is 1. The first kappa shape index (κ1) is 21.0. The first-order valence-corrected chi connectivity index (χ1v) is 6.34. The van der Waals surface area contributed by atoms with Gasteiger partial charge in [-0.3, -0.25) is 0 Å². The summed E-state index contributed by atoms with van der Waals surface area (Å²) < 4.78 is 43.4. The third-order valence-corrected chi connectivity index (χ3v) is 2.47. The Labute approximate surface area is 165 Å². The summed E-state index contributed by atoms with van der Waals surface area (Å²) in [4.78, 5) is 11.4. The number of hydrogen-bond donors (Lipinski definition) is 1. The van der Waals surface area contributed by atoms with E-state index < -0.39 is 24.1 Å². The quantitative estimate of drug-likeness (QED) is 0.779.